The monoisotopic (exact) mass is 154 g/mol. The van der Waals surface area contributed by atoms with Crippen molar-refractivity contribution < 1.29 is 9.90 Å². The van der Waals surface area contributed by atoms with E-state index >= 15 is 0 Å². The fraction of sp³-hybridized carbons (Fsp3) is 0.667. The Balaban J connectivity index is 3.92. The van der Waals surface area contributed by atoms with E-state index in [-0.39, 0.29) is 5.92 Å². The van der Waals surface area contributed by atoms with Gasteiger partial charge in [0, 0.05) is 6.42 Å². The van der Waals surface area contributed by atoms with E-state index in [0.29, 0.717) is 18.8 Å². The molecule has 0 rings (SSSR count). The molecule has 0 saturated heterocycles. The Morgan fingerprint density at radius 3 is 2.45 bits per heavy atom. The van der Waals surface area contributed by atoms with E-state index in [1.807, 2.05) is 13.8 Å². The van der Waals surface area contributed by atoms with E-state index in [2.05, 4.69) is 5.92 Å². The van der Waals surface area contributed by atoms with Crippen molar-refractivity contribution in [3.8, 4) is 12.3 Å². The van der Waals surface area contributed by atoms with Gasteiger partial charge in [0.1, 0.15) is 0 Å². The highest BCUT2D eigenvalue weighted by Gasteiger charge is 2.16. The predicted octanol–water partition coefficient (Wildman–Crippen LogP) is 1.76. The smallest absolute Gasteiger partial charge is 0.307 e. The zero-order chi connectivity index (χ0) is 8.85. The van der Waals surface area contributed by atoms with Crippen LogP contribution in [0.2, 0.25) is 0 Å². The molecule has 1 N–H and O–H groups in total. The third kappa shape index (κ3) is 4.44. The number of carboxylic acids is 1. The first kappa shape index (κ1) is 10.0. The van der Waals surface area contributed by atoms with Gasteiger partial charge in [-0.3, -0.25) is 4.79 Å². The summed E-state index contributed by atoms with van der Waals surface area (Å²) in [6.45, 7) is 3.99. The van der Waals surface area contributed by atoms with Crippen LogP contribution in [0, 0.1) is 24.2 Å². The minimum absolute atomic E-state index is 0.341. The van der Waals surface area contributed by atoms with Crippen LogP contribution in [0.25, 0.3) is 0 Å². The fourth-order valence-electron chi connectivity index (χ4n) is 0.983. The molecule has 0 aliphatic carbocycles. The van der Waals surface area contributed by atoms with E-state index in [9.17, 15) is 4.79 Å². The van der Waals surface area contributed by atoms with E-state index in [1.54, 1.807) is 0 Å². The average molecular weight is 154 g/mol. The maximum Gasteiger partial charge on any atom is 0.307 e. The summed E-state index contributed by atoms with van der Waals surface area (Å²) in [7, 11) is 0. The zero-order valence-corrected chi connectivity index (χ0v) is 7.00. The SMILES string of the molecule is C#CC[C@@H](CC(C)C)C(=O)O. The Kier molecular flexibility index (Phi) is 4.36. The quantitative estimate of drug-likeness (QED) is 0.626. The minimum atomic E-state index is -0.781. The Hall–Kier alpha value is -0.970. The van der Waals surface area contributed by atoms with Gasteiger partial charge in [0.15, 0.2) is 0 Å². The second-order valence-corrected chi connectivity index (χ2v) is 3.07. The zero-order valence-electron chi connectivity index (χ0n) is 7.00. The van der Waals surface area contributed by atoms with Crippen LogP contribution in [0.4, 0.5) is 0 Å². The molecule has 0 unspecified atom stereocenters. The molecule has 1 atom stereocenters. The third-order valence-corrected chi connectivity index (χ3v) is 1.47. The maximum absolute atomic E-state index is 10.5. The molecule has 0 aliphatic rings. The largest absolute Gasteiger partial charge is 0.481 e. The summed E-state index contributed by atoms with van der Waals surface area (Å²) >= 11 is 0. The number of aliphatic carboxylic acids is 1. The summed E-state index contributed by atoms with van der Waals surface area (Å²) in [5.74, 6) is 1.62. The fourth-order valence-corrected chi connectivity index (χ4v) is 0.983. The highest BCUT2D eigenvalue weighted by molar-refractivity contribution is 5.70. The van der Waals surface area contributed by atoms with Crippen LogP contribution < -0.4 is 0 Å². The number of hydrogen-bond acceptors (Lipinski definition) is 1. The normalized spacial score (nSPS) is 12.5. The lowest BCUT2D eigenvalue weighted by atomic mass is 9.95. The van der Waals surface area contributed by atoms with Gasteiger partial charge in [0.25, 0.3) is 0 Å². The Morgan fingerprint density at radius 1 is 1.64 bits per heavy atom. The molecule has 0 spiro atoms. The van der Waals surface area contributed by atoms with Crippen molar-refractivity contribution >= 4 is 5.97 Å². The molecule has 0 aliphatic heterocycles. The lowest BCUT2D eigenvalue weighted by Crippen LogP contribution is -2.15. The van der Waals surface area contributed by atoms with Crippen molar-refractivity contribution in [3.63, 3.8) is 0 Å². The average Bonchev–Trinajstić information content (AvgIpc) is 1.86. The van der Waals surface area contributed by atoms with Crippen molar-refractivity contribution in [2.75, 3.05) is 0 Å². The van der Waals surface area contributed by atoms with Gasteiger partial charge in [-0.05, 0) is 12.3 Å². The number of carbonyl (C=O) groups is 1. The molecule has 0 saturated carbocycles. The molecule has 0 bridgehead atoms. The topological polar surface area (TPSA) is 37.3 Å². The Bertz CT molecular complexity index is 165. The van der Waals surface area contributed by atoms with E-state index in [1.165, 1.54) is 0 Å². The van der Waals surface area contributed by atoms with Crippen LogP contribution in [0.3, 0.4) is 0 Å². The van der Waals surface area contributed by atoms with Crippen LogP contribution in [0.5, 0.6) is 0 Å². The first-order valence-corrected chi connectivity index (χ1v) is 3.74. The summed E-state index contributed by atoms with van der Waals surface area (Å²) in [6.07, 6.45) is 6.04. The lowest BCUT2D eigenvalue weighted by molar-refractivity contribution is -0.142. The Morgan fingerprint density at radius 2 is 2.18 bits per heavy atom. The highest BCUT2D eigenvalue weighted by Crippen LogP contribution is 2.14. The summed E-state index contributed by atoms with van der Waals surface area (Å²) in [6, 6.07) is 0. The number of rotatable bonds is 4. The second kappa shape index (κ2) is 4.79. The molecule has 0 aromatic heterocycles. The molecule has 0 amide bonds. The van der Waals surface area contributed by atoms with Crippen LogP contribution in [-0.2, 0) is 4.79 Å². The molecule has 2 nitrogen and oxygen atoms in total. The molecular formula is C9H14O2. The molecular weight excluding hydrogens is 140 g/mol. The van der Waals surface area contributed by atoms with Crippen molar-refractivity contribution in [1.29, 1.82) is 0 Å². The van der Waals surface area contributed by atoms with Crippen LogP contribution in [0.1, 0.15) is 26.7 Å². The summed E-state index contributed by atoms with van der Waals surface area (Å²) in [5.41, 5.74) is 0. The first-order valence-electron chi connectivity index (χ1n) is 3.74. The number of terminal acetylenes is 1. The van der Waals surface area contributed by atoms with Crippen LogP contribution in [-0.4, -0.2) is 11.1 Å². The Labute approximate surface area is 67.6 Å². The van der Waals surface area contributed by atoms with Gasteiger partial charge in [0.2, 0.25) is 0 Å². The van der Waals surface area contributed by atoms with Gasteiger partial charge in [-0.1, -0.05) is 13.8 Å². The second-order valence-electron chi connectivity index (χ2n) is 3.07. The van der Waals surface area contributed by atoms with Crippen molar-refractivity contribution in [2.45, 2.75) is 26.7 Å². The van der Waals surface area contributed by atoms with Crippen molar-refractivity contribution in [3.05, 3.63) is 0 Å². The number of carboxylic acid groups (broad SMARTS) is 1. The molecule has 2 heteroatoms. The van der Waals surface area contributed by atoms with Gasteiger partial charge in [-0.15, -0.1) is 12.3 Å². The molecule has 0 heterocycles. The highest BCUT2D eigenvalue weighted by atomic mass is 16.4. The first-order chi connectivity index (χ1) is 5.07. The van der Waals surface area contributed by atoms with Gasteiger partial charge in [-0.25, -0.2) is 0 Å². The summed E-state index contributed by atoms with van der Waals surface area (Å²) in [4.78, 5) is 10.5. The maximum atomic E-state index is 10.5. The summed E-state index contributed by atoms with van der Waals surface area (Å²) < 4.78 is 0. The molecule has 0 radical (unpaired) electrons. The van der Waals surface area contributed by atoms with Gasteiger partial charge in [0.05, 0.1) is 5.92 Å². The van der Waals surface area contributed by atoms with E-state index in [4.69, 9.17) is 11.5 Å². The van der Waals surface area contributed by atoms with E-state index in [0.717, 1.165) is 0 Å². The van der Waals surface area contributed by atoms with Gasteiger partial charge >= 0.3 is 5.97 Å². The molecule has 0 fully saturated rings. The lowest BCUT2D eigenvalue weighted by Gasteiger charge is -2.10. The van der Waals surface area contributed by atoms with Gasteiger partial charge in [-0.2, -0.15) is 0 Å². The third-order valence-electron chi connectivity index (χ3n) is 1.47. The summed E-state index contributed by atoms with van der Waals surface area (Å²) in [5, 5.41) is 8.66. The van der Waals surface area contributed by atoms with Crippen molar-refractivity contribution in [1.82, 2.24) is 0 Å². The molecule has 0 aromatic carbocycles. The predicted molar refractivity (Wildman–Crippen MR) is 44.0 cm³/mol. The molecule has 11 heavy (non-hydrogen) atoms. The number of hydrogen-bond donors (Lipinski definition) is 1. The molecule has 0 aromatic rings. The van der Waals surface area contributed by atoms with E-state index < -0.39 is 5.97 Å². The minimum Gasteiger partial charge on any atom is -0.481 e. The van der Waals surface area contributed by atoms with Gasteiger partial charge < -0.3 is 5.11 Å². The van der Waals surface area contributed by atoms with Crippen molar-refractivity contribution in [2.24, 2.45) is 11.8 Å². The standard InChI is InChI=1S/C9H14O2/c1-4-5-8(9(10)11)6-7(2)3/h1,7-8H,5-6H2,2-3H3,(H,10,11)/t8-/m0/s1. The van der Waals surface area contributed by atoms with Crippen LogP contribution in [0.15, 0.2) is 0 Å². The molecule has 62 valence electrons. The van der Waals surface area contributed by atoms with Crippen LogP contribution >= 0.6 is 0 Å².